The predicted molar refractivity (Wildman–Crippen MR) is 119 cm³/mol. The molecule has 1 amide bonds. The second-order valence-corrected chi connectivity index (χ2v) is 8.26. The lowest BCUT2D eigenvalue weighted by Gasteiger charge is -2.36. The fraction of sp³-hybridized carbons (Fsp3) is 0.440. The van der Waals surface area contributed by atoms with Crippen molar-refractivity contribution in [1.29, 1.82) is 0 Å². The molecule has 1 N–H and O–H groups in total. The van der Waals surface area contributed by atoms with Gasteiger partial charge in [0, 0.05) is 43.1 Å². The number of hydrogen-bond acceptors (Lipinski definition) is 6. The zero-order valence-electron chi connectivity index (χ0n) is 19.0. The standard InChI is InChI=1S/C24H31NO4.CO2/c1-16-10-17(2)15-25(14-16)23(27)13-20(18-8-6-5-7-9-18)24-21(26)11-19(28-3)12-22(24)29-4;2-1-3/h5-9,11-12,16-17,20,26H,10,13-15H2,1-4H3;. The molecule has 2 aromatic carbocycles. The van der Waals surface area contributed by atoms with Crippen LogP contribution < -0.4 is 9.47 Å². The average molecular weight is 442 g/mol. The zero-order chi connectivity index (χ0) is 23.7. The Bertz CT molecular complexity index is 914. The first-order valence-electron chi connectivity index (χ1n) is 10.6. The Labute approximate surface area is 188 Å². The van der Waals surface area contributed by atoms with Gasteiger partial charge in [-0.25, -0.2) is 0 Å². The molecule has 32 heavy (non-hydrogen) atoms. The molecule has 0 radical (unpaired) electrons. The topological polar surface area (TPSA) is 93.1 Å². The van der Waals surface area contributed by atoms with Crippen LogP contribution in [-0.2, 0) is 14.4 Å². The molecule has 172 valence electrons. The number of piperidine rings is 1. The number of carbonyl (C=O) groups excluding carboxylic acids is 3. The van der Waals surface area contributed by atoms with E-state index in [1.807, 2.05) is 35.2 Å². The second-order valence-electron chi connectivity index (χ2n) is 8.26. The SMILES string of the molecule is COc1cc(O)c(C(CC(=O)N2CC(C)CC(C)C2)c2ccccc2)c(OC)c1.O=C=O. The highest BCUT2D eigenvalue weighted by atomic mass is 16.5. The third-order valence-corrected chi connectivity index (χ3v) is 5.70. The predicted octanol–water partition coefficient (Wildman–Crippen LogP) is 3.85. The lowest BCUT2D eigenvalue weighted by molar-refractivity contribution is -0.191. The molecular formula is C25H31NO6. The number of ether oxygens (including phenoxy) is 2. The van der Waals surface area contributed by atoms with Crippen LogP contribution in [-0.4, -0.2) is 49.4 Å². The van der Waals surface area contributed by atoms with Crippen molar-refractivity contribution in [3.8, 4) is 17.2 Å². The number of methoxy groups -OCH3 is 2. The van der Waals surface area contributed by atoms with E-state index in [4.69, 9.17) is 19.1 Å². The largest absolute Gasteiger partial charge is 0.507 e. The Balaban J connectivity index is 0.00000114. The molecule has 3 unspecified atom stereocenters. The van der Waals surface area contributed by atoms with Gasteiger partial charge in [-0.3, -0.25) is 4.79 Å². The minimum absolute atomic E-state index is 0.0724. The van der Waals surface area contributed by atoms with E-state index in [1.165, 1.54) is 0 Å². The van der Waals surface area contributed by atoms with E-state index < -0.39 is 0 Å². The first kappa shape index (κ1) is 25.0. The van der Waals surface area contributed by atoms with Crippen LogP contribution in [0.5, 0.6) is 17.2 Å². The highest BCUT2D eigenvalue weighted by molar-refractivity contribution is 5.78. The summed E-state index contributed by atoms with van der Waals surface area (Å²) >= 11 is 0. The van der Waals surface area contributed by atoms with Crippen molar-refractivity contribution in [3.63, 3.8) is 0 Å². The summed E-state index contributed by atoms with van der Waals surface area (Å²) in [5.74, 6) is 1.90. The highest BCUT2D eigenvalue weighted by Gasteiger charge is 2.30. The van der Waals surface area contributed by atoms with Gasteiger partial charge in [-0.15, -0.1) is 0 Å². The van der Waals surface area contributed by atoms with Crippen molar-refractivity contribution >= 4 is 12.1 Å². The van der Waals surface area contributed by atoms with Crippen LogP contribution in [0.4, 0.5) is 0 Å². The number of phenols is 1. The van der Waals surface area contributed by atoms with Crippen LogP contribution in [0, 0.1) is 11.8 Å². The van der Waals surface area contributed by atoms with Crippen LogP contribution >= 0.6 is 0 Å². The number of hydrogen-bond donors (Lipinski definition) is 1. The summed E-state index contributed by atoms with van der Waals surface area (Å²) < 4.78 is 10.8. The number of aromatic hydroxyl groups is 1. The maximum Gasteiger partial charge on any atom is 0.373 e. The number of rotatable bonds is 6. The Hall–Kier alpha value is -3.31. The van der Waals surface area contributed by atoms with E-state index in [0.717, 1.165) is 25.1 Å². The van der Waals surface area contributed by atoms with Crippen molar-refractivity contribution in [2.45, 2.75) is 32.6 Å². The summed E-state index contributed by atoms with van der Waals surface area (Å²) in [6, 6.07) is 13.1. The molecule has 1 aliphatic rings. The third-order valence-electron chi connectivity index (χ3n) is 5.70. The molecule has 0 spiro atoms. The number of phenolic OH excluding ortho intramolecular Hbond substituents is 1. The number of carbonyl (C=O) groups is 1. The van der Waals surface area contributed by atoms with Crippen molar-refractivity contribution in [2.24, 2.45) is 11.8 Å². The first-order valence-corrected chi connectivity index (χ1v) is 10.6. The molecule has 1 heterocycles. The quantitative estimate of drug-likeness (QED) is 0.732. The molecule has 1 fully saturated rings. The summed E-state index contributed by atoms with van der Waals surface area (Å²) in [5.41, 5.74) is 1.59. The summed E-state index contributed by atoms with van der Waals surface area (Å²) in [6.07, 6.45) is 1.68. The Morgan fingerprint density at radius 2 is 1.69 bits per heavy atom. The fourth-order valence-electron chi connectivity index (χ4n) is 4.47. The summed E-state index contributed by atoms with van der Waals surface area (Å²) in [4.78, 5) is 31.5. The average Bonchev–Trinajstić information content (AvgIpc) is 2.77. The van der Waals surface area contributed by atoms with Gasteiger partial charge < -0.3 is 19.5 Å². The number of nitrogens with zero attached hydrogens (tertiary/aromatic N) is 1. The maximum atomic E-state index is 13.3. The number of benzene rings is 2. The van der Waals surface area contributed by atoms with Gasteiger partial charge in [-0.05, 0) is 23.8 Å². The molecule has 7 heteroatoms. The summed E-state index contributed by atoms with van der Waals surface area (Å²) in [6.45, 7) is 5.97. The molecule has 0 aliphatic carbocycles. The first-order chi connectivity index (χ1) is 15.3. The van der Waals surface area contributed by atoms with E-state index in [-0.39, 0.29) is 30.1 Å². The van der Waals surface area contributed by atoms with E-state index >= 15 is 0 Å². The van der Waals surface area contributed by atoms with E-state index in [9.17, 15) is 9.90 Å². The molecule has 0 saturated carbocycles. The molecule has 1 saturated heterocycles. The van der Waals surface area contributed by atoms with Gasteiger partial charge >= 0.3 is 6.15 Å². The van der Waals surface area contributed by atoms with E-state index in [2.05, 4.69) is 13.8 Å². The highest BCUT2D eigenvalue weighted by Crippen LogP contribution is 2.43. The second kappa shape index (κ2) is 11.9. The van der Waals surface area contributed by atoms with Crippen molar-refractivity contribution in [3.05, 3.63) is 53.6 Å². The lowest BCUT2D eigenvalue weighted by Crippen LogP contribution is -2.43. The van der Waals surface area contributed by atoms with Crippen LogP contribution in [0.3, 0.4) is 0 Å². The monoisotopic (exact) mass is 441 g/mol. The van der Waals surface area contributed by atoms with E-state index in [0.29, 0.717) is 28.9 Å². The van der Waals surface area contributed by atoms with Gasteiger partial charge in [0.2, 0.25) is 5.91 Å². The molecule has 0 bridgehead atoms. The molecule has 1 aliphatic heterocycles. The van der Waals surface area contributed by atoms with Crippen molar-refractivity contribution in [2.75, 3.05) is 27.3 Å². The van der Waals surface area contributed by atoms with Crippen LogP contribution in [0.15, 0.2) is 42.5 Å². The third kappa shape index (κ3) is 6.34. The Morgan fingerprint density at radius 3 is 2.22 bits per heavy atom. The smallest absolute Gasteiger partial charge is 0.373 e. The van der Waals surface area contributed by atoms with Gasteiger partial charge in [0.05, 0.1) is 14.2 Å². The molecule has 7 nitrogen and oxygen atoms in total. The maximum absolute atomic E-state index is 13.3. The van der Waals surface area contributed by atoms with Gasteiger partial charge in [0.15, 0.2) is 0 Å². The van der Waals surface area contributed by atoms with Crippen LogP contribution in [0.1, 0.15) is 43.7 Å². The van der Waals surface area contributed by atoms with Gasteiger partial charge in [-0.2, -0.15) is 9.59 Å². The fourth-order valence-corrected chi connectivity index (χ4v) is 4.47. The summed E-state index contributed by atoms with van der Waals surface area (Å²) in [7, 11) is 3.11. The molecule has 0 aromatic heterocycles. The molecular weight excluding hydrogens is 410 g/mol. The van der Waals surface area contributed by atoms with Crippen molar-refractivity contribution < 1.29 is 29.0 Å². The van der Waals surface area contributed by atoms with Gasteiger partial charge in [0.1, 0.15) is 17.2 Å². The normalized spacial score (nSPS) is 18.6. The van der Waals surface area contributed by atoms with E-state index in [1.54, 1.807) is 26.4 Å². The van der Waals surface area contributed by atoms with Gasteiger partial charge in [-0.1, -0.05) is 44.2 Å². The lowest BCUT2D eigenvalue weighted by atomic mass is 9.85. The number of amides is 1. The molecule has 3 atom stereocenters. The van der Waals surface area contributed by atoms with Gasteiger partial charge in [0.25, 0.3) is 0 Å². The summed E-state index contributed by atoms with van der Waals surface area (Å²) in [5, 5.41) is 10.8. The minimum Gasteiger partial charge on any atom is -0.507 e. The van der Waals surface area contributed by atoms with Crippen molar-refractivity contribution in [1.82, 2.24) is 4.90 Å². The van der Waals surface area contributed by atoms with Crippen LogP contribution in [0.2, 0.25) is 0 Å². The number of likely N-dealkylation sites (tertiary alicyclic amines) is 1. The minimum atomic E-state index is -0.308. The molecule has 3 rings (SSSR count). The Kier molecular flexibility index (Phi) is 9.29. The van der Waals surface area contributed by atoms with Crippen LogP contribution in [0.25, 0.3) is 0 Å². The Morgan fingerprint density at radius 1 is 1.09 bits per heavy atom. The zero-order valence-corrected chi connectivity index (χ0v) is 19.0. The molecule has 2 aromatic rings.